The van der Waals surface area contributed by atoms with Gasteiger partial charge in [0.2, 0.25) is 0 Å². The van der Waals surface area contributed by atoms with Gasteiger partial charge in [-0.1, -0.05) is 17.2 Å². The summed E-state index contributed by atoms with van der Waals surface area (Å²) in [7, 11) is 1.63. The van der Waals surface area contributed by atoms with E-state index in [-0.39, 0.29) is 43.2 Å². The van der Waals surface area contributed by atoms with Crippen LogP contribution in [-0.2, 0) is 6.54 Å². The predicted molar refractivity (Wildman–Crippen MR) is 118 cm³/mol. The van der Waals surface area contributed by atoms with Crippen LogP contribution in [0, 0.1) is 54.9 Å². The molecule has 31 heavy (non-hydrogen) atoms. The second-order valence-electron chi connectivity index (χ2n) is 6.55. The Morgan fingerprint density at radius 2 is 2.13 bits per heavy atom. The average molecular weight is 636 g/mol. The zero-order valence-corrected chi connectivity index (χ0v) is 21.3. The van der Waals surface area contributed by atoms with Crippen molar-refractivity contribution in [3.8, 4) is 6.07 Å². The summed E-state index contributed by atoms with van der Waals surface area (Å²) in [5.41, 5.74) is 14.9. The minimum Gasteiger partial charge on any atom is -0.404 e. The van der Waals surface area contributed by atoms with Crippen LogP contribution >= 0.6 is 0 Å². The van der Waals surface area contributed by atoms with Gasteiger partial charge in [-0.3, -0.25) is 15.0 Å². The zero-order valence-electron chi connectivity index (χ0n) is 17.1. The maximum absolute atomic E-state index is 12.0. The normalized spacial score (nSPS) is 12.9. The molecule has 0 spiro atoms. The van der Waals surface area contributed by atoms with E-state index < -0.39 is 0 Å². The van der Waals surface area contributed by atoms with Gasteiger partial charge in [-0.05, 0) is 23.8 Å². The summed E-state index contributed by atoms with van der Waals surface area (Å²) < 4.78 is 0. The van der Waals surface area contributed by atoms with Crippen molar-refractivity contribution >= 4 is 22.1 Å². The molecule has 3 aromatic rings. The molecule has 2 aromatic carbocycles. The maximum Gasteiger partial charge on any atom is 2.00 e. The molecule has 4 rings (SSSR count). The third-order valence-electron chi connectivity index (χ3n) is 4.53. The van der Waals surface area contributed by atoms with Crippen LogP contribution in [0.2, 0.25) is 0 Å². The van der Waals surface area contributed by atoms with Crippen LogP contribution in [0.3, 0.4) is 0 Å². The van der Waals surface area contributed by atoms with E-state index in [4.69, 9.17) is 11.5 Å². The number of fused-ring (bicyclic) bond motifs is 1. The molecule has 8 heteroatoms. The number of rotatable bonds is 4. The van der Waals surface area contributed by atoms with Crippen molar-refractivity contribution < 1.29 is 31.1 Å². The second kappa shape index (κ2) is 11.6. The number of H-pyrrole nitrogens is 1. The van der Waals surface area contributed by atoms with Crippen LogP contribution in [0.15, 0.2) is 52.4 Å². The number of aromatic amines is 1. The van der Waals surface area contributed by atoms with E-state index in [1.165, 1.54) is 19.0 Å². The molecule has 7 nitrogen and oxygen atoms in total. The summed E-state index contributed by atoms with van der Waals surface area (Å²) in [6.45, 7) is 0.180. The van der Waals surface area contributed by atoms with Crippen molar-refractivity contribution in [1.82, 2.24) is 10.2 Å². The Bertz CT molecular complexity index is 1220. The molecule has 1 heterocycles. The number of aromatic nitrogens is 2. The van der Waals surface area contributed by atoms with Crippen LogP contribution in [0.25, 0.3) is 16.3 Å². The Morgan fingerprint density at radius 3 is 2.71 bits per heavy atom. The summed E-state index contributed by atoms with van der Waals surface area (Å²) >= 11 is 0. The predicted octanol–water partition coefficient (Wildman–Crippen LogP) is 2.46. The number of allylic oxidation sites excluding steroid dienone is 1. The Morgan fingerprint density at radius 1 is 1.39 bits per heavy atom. The van der Waals surface area contributed by atoms with Gasteiger partial charge in [-0.15, -0.1) is 24.3 Å². The molecule has 1 aliphatic carbocycles. The zero-order chi connectivity index (χ0) is 21.5. The van der Waals surface area contributed by atoms with E-state index in [9.17, 15) is 10.1 Å². The fourth-order valence-corrected chi connectivity index (χ4v) is 2.97. The second-order valence-corrected chi connectivity index (χ2v) is 6.55. The minimum atomic E-state index is -0.291. The van der Waals surface area contributed by atoms with Crippen molar-refractivity contribution in [1.29, 1.82) is 5.26 Å². The van der Waals surface area contributed by atoms with E-state index in [0.717, 1.165) is 5.56 Å². The number of nitrogens with two attached hydrogens (primary N) is 2. The quantitative estimate of drug-likeness (QED) is 0.299. The van der Waals surface area contributed by atoms with E-state index in [0.29, 0.717) is 38.9 Å². The summed E-state index contributed by atoms with van der Waals surface area (Å²) in [6, 6.07) is 15.6. The van der Waals surface area contributed by atoms with Crippen molar-refractivity contribution in [2.24, 2.45) is 16.5 Å². The van der Waals surface area contributed by atoms with Crippen LogP contribution in [-0.4, -0.2) is 23.0 Å². The van der Waals surface area contributed by atoms with Gasteiger partial charge in [0, 0.05) is 36.5 Å². The number of hydrogen-bond acceptors (Lipinski definition) is 6. The molecule has 5 N–H and O–H groups in total. The molecule has 0 unspecified atom stereocenters. The van der Waals surface area contributed by atoms with Crippen molar-refractivity contribution in [3.05, 3.63) is 87.8 Å². The Hall–Kier alpha value is -2.71. The number of nitrogens with zero attached hydrogens (tertiary/aromatic N) is 3. The third-order valence-corrected chi connectivity index (χ3v) is 4.53. The Labute approximate surface area is 204 Å². The number of benzene rings is 2. The first-order valence-electron chi connectivity index (χ1n) is 9.48. The van der Waals surface area contributed by atoms with Gasteiger partial charge in [0.25, 0.3) is 5.56 Å². The molecular weight excluding hydrogens is 614 g/mol. The van der Waals surface area contributed by atoms with Crippen molar-refractivity contribution in [2.45, 2.75) is 19.4 Å². The molecule has 1 aromatic heterocycles. The fraction of sp³-hybridized carbons (Fsp3) is 0.174. The van der Waals surface area contributed by atoms with Crippen molar-refractivity contribution in [2.75, 3.05) is 7.05 Å². The van der Waals surface area contributed by atoms with Gasteiger partial charge in [0.1, 0.15) is 0 Å². The topological polar surface area (TPSA) is 134 Å². The number of aliphatic imine (C=N–C) groups is 1. The third kappa shape index (κ3) is 5.71. The van der Waals surface area contributed by atoms with Gasteiger partial charge in [0.05, 0.1) is 11.1 Å². The summed E-state index contributed by atoms with van der Waals surface area (Å²) in [4.78, 5) is 16.4. The van der Waals surface area contributed by atoms with Crippen LogP contribution < -0.4 is 17.0 Å². The summed E-state index contributed by atoms with van der Waals surface area (Å²) in [5.74, 6) is 0. The smallest absolute Gasteiger partial charge is 0.404 e. The SMILES string of the molecule is CN=C(/C(=C\N)c1ccc2c(=O)[nH]nc(CN)c2c1)c1ccc[c-]c1C#N.[CH-]1CC1.[U+2]. The first kappa shape index (κ1) is 24.6. The minimum absolute atomic E-state index is 0. The summed E-state index contributed by atoms with van der Waals surface area (Å²) in [6.07, 6.45) is 6.43. The molecular formula is C23H22N6OU. The molecule has 0 amide bonds. The van der Waals surface area contributed by atoms with Crippen LogP contribution in [0.1, 0.15) is 35.2 Å². The van der Waals surface area contributed by atoms with Gasteiger partial charge in [-0.2, -0.15) is 5.10 Å². The molecule has 0 radical (unpaired) electrons. The van der Waals surface area contributed by atoms with E-state index in [2.05, 4.69) is 33.7 Å². The largest absolute Gasteiger partial charge is 2.00 e. The monoisotopic (exact) mass is 636 g/mol. The Kier molecular flexibility index (Phi) is 9.21. The van der Waals surface area contributed by atoms with E-state index >= 15 is 0 Å². The fourth-order valence-electron chi connectivity index (χ4n) is 2.97. The van der Waals surface area contributed by atoms with Gasteiger partial charge >= 0.3 is 31.1 Å². The van der Waals surface area contributed by atoms with E-state index in [1.807, 2.05) is 6.07 Å². The van der Waals surface area contributed by atoms with Gasteiger partial charge in [0.15, 0.2) is 0 Å². The number of nitriles is 1. The number of nitrogens with one attached hydrogen (secondary N) is 1. The molecule has 0 saturated heterocycles. The van der Waals surface area contributed by atoms with Gasteiger partial charge in [-0.25, -0.2) is 17.9 Å². The molecule has 154 valence electrons. The van der Waals surface area contributed by atoms with Gasteiger partial charge < -0.3 is 17.9 Å². The van der Waals surface area contributed by atoms with Crippen molar-refractivity contribution in [3.63, 3.8) is 0 Å². The molecule has 0 atom stereocenters. The number of hydrogen-bond donors (Lipinski definition) is 3. The Balaban J connectivity index is 0.000000785. The first-order chi connectivity index (χ1) is 14.6. The standard InChI is InChI=1S/C20H17N6O.C3H5.U/c1-24-19(14-5-3-2-4-13(14)9-21)17(10-22)12-6-7-15-16(8-12)18(11-23)25-26-20(15)27;1-2-3-1;/h2-3,5-8,10H,11,22-23H2,1H3,(H,26,27);1H,2-3H2;/q2*-1;+2/b17-10-,24-19?;;. The maximum atomic E-state index is 12.0. The molecule has 1 fully saturated rings. The molecule has 1 saturated carbocycles. The van der Waals surface area contributed by atoms with Crippen LogP contribution in [0.4, 0.5) is 0 Å². The molecule has 0 aliphatic heterocycles. The first-order valence-corrected chi connectivity index (χ1v) is 9.48. The average Bonchev–Trinajstić information content (AvgIpc) is 3.67. The summed E-state index contributed by atoms with van der Waals surface area (Å²) in [5, 5.41) is 17.0. The molecule has 0 bridgehead atoms. The molecule has 1 aliphatic rings. The van der Waals surface area contributed by atoms with E-state index in [1.54, 1.807) is 37.4 Å². The van der Waals surface area contributed by atoms with Crippen LogP contribution in [0.5, 0.6) is 0 Å².